The summed E-state index contributed by atoms with van der Waals surface area (Å²) in [5.41, 5.74) is 4.88. The molecule has 0 fully saturated rings. The second-order valence-corrected chi connectivity index (χ2v) is 5.23. The lowest BCUT2D eigenvalue weighted by Crippen LogP contribution is -2.37. The predicted molar refractivity (Wildman–Crippen MR) is 88.2 cm³/mol. The van der Waals surface area contributed by atoms with Crippen LogP contribution in [0.5, 0.6) is 0 Å². The van der Waals surface area contributed by atoms with E-state index in [1.165, 1.54) is 4.68 Å². The van der Waals surface area contributed by atoms with Crippen LogP contribution in [0.2, 0.25) is 0 Å². The first kappa shape index (κ1) is 16.8. The number of nitrogens with one attached hydrogen (secondary N) is 2. The zero-order valence-electron chi connectivity index (χ0n) is 13.0. The molecular formula is C17H20N3O3. The number of carbonyl (C=O) groups is 1. The van der Waals surface area contributed by atoms with E-state index in [2.05, 4.69) is 17.7 Å². The standard InChI is InChI=1S/C17H20N3O3/c1-12-8-9-20(18-11-14-6-4-3-5-7-14)17(23)15(12)10-16(22)19-13(2)21/h3-9,13,18,21H,2,10-11H2,1H3,(H,19,22). The lowest BCUT2D eigenvalue weighted by Gasteiger charge is -2.13. The molecule has 0 saturated carbocycles. The third-order valence-corrected chi connectivity index (χ3v) is 3.39. The Hall–Kier alpha value is -2.60. The molecule has 1 aromatic heterocycles. The van der Waals surface area contributed by atoms with Crippen LogP contribution in [0.1, 0.15) is 16.7 Å². The van der Waals surface area contributed by atoms with Gasteiger partial charge in [-0.05, 0) is 31.0 Å². The van der Waals surface area contributed by atoms with Gasteiger partial charge in [0.25, 0.3) is 5.56 Å². The van der Waals surface area contributed by atoms with E-state index in [4.69, 9.17) is 5.11 Å². The molecule has 0 bridgehead atoms. The molecule has 0 spiro atoms. The Kier molecular flexibility index (Phi) is 5.54. The first-order chi connectivity index (χ1) is 11.0. The molecule has 1 atom stereocenters. The molecule has 2 rings (SSSR count). The number of amides is 1. The summed E-state index contributed by atoms with van der Waals surface area (Å²) in [6, 6.07) is 11.5. The van der Waals surface area contributed by atoms with Crippen molar-refractivity contribution in [2.75, 3.05) is 5.43 Å². The Morgan fingerprint density at radius 2 is 2.00 bits per heavy atom. The molecule has 23 heavy (non-hydrogen) atoms. The van der Waals surface area contributed by atoms with Gasteiger partial charge in [0, 0.05) is 11.8 Å². The SMILES string of the molecule is [CH2]C(O)NC(=O)Cc1c(C)ccn(NCc2ccccc2)c1=O. The number of aromatic nitrogens is 1. The van der Waals surface area contributed by atoms with Crippen molar-refractivity contribution in [3.05, 3.63) is 76.6 Å². The van der Waals surface area contributed by atoms with Crippen LogP contribution in [0.25, 0.3) is 0 Å². The number of aliphatic hydroxyl groups is 1. The number of hydrogen-bond acceptors (Lipinski definition) is 4. The summed E-state index contributed by atoms with van der Waals surface area (Å²) in [7, 11) is 0. The van der Waals surface area contributed by atoms with Crippen LogP contribution >= 0.6 is 0 Å². The molecule has 0 aliphatic carbocycles. The van der Waals surface area contributed by atoms with Crippen molar-refractivity contribution in [1.82, 2.24) is 9.99 Å². The monoisotopic (exact) mass is 314 g/mol. The van der Waals surface area contributed by atoms with Gasteiger partial charge in [0.1, 0.15) is 6.23 Å². The molecule has 1 aromatic carbocycles. The average Bonchev–Trinajstić information content (AvgIpc) is 2.51. The van der Waals surface area contributed by atoms with Crippen molar-refractivity contribution in [3.63, 3.8) is 0 Å². The lowest BCUT2D eigenvalue weighted by atomic mass is 10.1. The second kappa shape index (κ2) is 7.60. The lowest BCUT2D eigenvalue weighted by molar-refractivity contribution is -0.122. The molecule has 1 unspecified atom stereocenters. The van der Waals surface area contributed by atoms with Gasteiger partial charge in [0.2, 0.25) is 5.91 Å². The van der Waals surface area contributed by atoms with E-state index in [-0.39, 0.29) is 12.0 Å². The average molecular weight is 314 g/mol. The van der Waals surface area contributed by atoms with Crippen molar-refractivity contribution in [3.8, 4) is 0 Å². The highest BCUT2D eigenvalue weighted by Gasteiger charge is 2.13. The molecule has 0 aliphatic rings. The van der Waals surface area contributed by atoms with Gasteiger partial charge in [-0.1, -0.05) is 30.3 Å². The molecule has 0 aliphatic heterocycles. The second-order valence-electron chi connectivity index (χ2n) is 5.23. The van der Waals surface area contributed by atoms with Crippen LogP contribution in [0.4, 0.5) is 0 Å². The maximum atomic E-state index is 12.5. The Morgan fingerprint density at radius 3 is 2.65 bits per heavy atom. The first-order valence-corrected chi connectivity index (χ1v) is 7.27. The van der Waals surface area contributed by atoms with Crippen LogP contribution in [0.3, 0.4) is 0 Å². The van der Waals surface area contributed by atoms with Crippen molar-refractivity contribution in [1.29, 1.82) is 0 Å². The Balaban J connectivity index is 2.14. The molecule has 121 valence electrons. The number of carbonyl (C=O) groups excluding carboxylic acids is 1. The number of hydrogen-bond donors (Lipinski definition) is 3. The van der Waals surface area contributed by atoms with Crippen molar-refractivity contribution in [2.45, 2.75) is 26.1 Å². The van der Waals surface area contributed by atoms with Crippen molar-refractivity contribution >= 4 is 5.91 Å². The van der Waals surface area contributed by atoms with Gasteiger partial charge >= 0.3 is 0 Å². The highest BCUT2D eigenvalue weighted by atomic mass is 16.3. The summed E-state index contributed by atoms with van der Waals surface area (Å²) in [6.07, 6.45) is 0.341. The van der Waals surface area contributed by atoms with Crippen LogP contribution in [-0.2, 0) is 17.8 Å². The summed E-state index contributed by atoms with van der Waals surface area (Å²) >= 11 is 0. The minimum atomic E-state index is -1.19. The number of nitrogens with zero attached hydrogens (tertiary/aromatic N) is 1. The van der Waals surface area contributed by atoms with E-state index in [0.29, 0.717) is 12.1 Å². The fraction of sp³-hybridized carbons (Fsp3) is 0.235. The minimum absolute atomic E-state index is 0.106. The molecule has 3 N–H and O–H groups in total. The van der Waals surface area contributed by atoms with Crippen LogP contribution in [0.15, 0.2) is 47.4 Å². The maximum Gasteiger partial charge on any atom is 0.272 e. The van der Waals surface area contributed by atoms with E-state index in [9.17, 15) is 9.59 Å². The van der Waals surface area contributed by atoms with Gasteiger partial charge in [0.05, 0.1) is 13.0 Å². The molecular weight excluding hydrogens is 294 g/mol. The molecule has 6 nitrogen and oxygen atoms in total. The number of rotatable bonds is 6. The van der Waals surface area contributed by atoms with E-state index < -0.39 is 12.1 Å². The van der Waals surface area contributed by atoms with Gasteiger partial charge in [-0.25, -0.2) is 4.68 Å². The zero-order chi connectivity index (χ0) is 16.8. The van der Waals surface area contributed by atoms with Crippen LogP contribution in [-0.4, -0.2) is 21.9 Å². The molecule has 0 saturated heterocycles. The summed E-state index contributed by atoms with van der Waals surface area (Å²) in [5, 5.41) is 11.3. The highest BCUT2D eigenvalue weighted by molar-refractivity contribution is 5.79. The summed E-state index contributed by atoms with van der Waals surface area (Å²) in [5.74, 6) is -0.450. The molecule has 1 amide bonds. The smallest absolute Gasteiger partial charge is 0.272 e. The normalized spacial score (nSPS) is 11.8. The highest BCUT2D eigenvalue weighted by Crippen LogP contribution is 2.03. The third kappa shape index (κ3) is 4.69. The van der Waals surface area contributed by atoms with E-state index >= 15 is 0 Å². The summed E-state index contributed by atoms with van der Waals surface area (Å²) in [6.45, 7) is 5.54. The molecule has 1 heterocycles. The van der Waals surface area contributed by atoms with Crippen molar-refractivity contribution < 1.29 is 9.90 Å². The largest absolute Gasteiger partial charge is 0.374 e. The predicted octanol–water partition coefficient (Wildman–Crippen LogP) is 0.712. The Bertz CT molecular complexity index is 724. The number of pyridine rings is 1. The van der Waals surface area contributed by atoms with E-state index in [1.807, 2.05) is 30.3 Å². The molecule has 2 aromatic rings. The quantitative estimate of drug-likeness (QED) is 0.686. The third-order valence-electron chi connectivity index (χ3n) is 3.39. The molecule has 1 radical (unpaired) electrons. The fourth-order valence-electron chi connectivity index (χ4n) is 2.18. The number of aliphatic hydroxyl groups excluding tert-OH is 1. The number of aryl methyl sites for hydroxylation is 1. The van der Waals surface area contributed by atoms with Crippen molar-refractivity contribution in [2.24, 2.45) is 0 Å². The van der Waals surface area contributed by atoms with E-state index in [0.717, 1.165) is 11.1 Å². The number of benzene rings is 1. The van der Waals surface area contributed by atoms with Gasteiger partial charge in [0.15, 0.2) is 0 Å². The van der Waals surface area contributed by atoms with Gasteiger partial charge in [-0.3, -0.25) is 9.59 Å². The summed E-state index contributed by atoms with van der Waals surface area (Å²) in [4.78, 5) is 24.2. The van der Waals surface area contributed by atoms with Crippen LogP contribution < -0.4 is 16.3 Å². The maximum absolute atomic E-state index is 12.5. The Morgan fingerprint density at radius 1 is 1.30 bits per heavy atom. The fourth-order valence-corrected chi connectivity index (χ4v) is 2.18. The van der Waals surface area contributed by atoms with Gasteiger partial charge in [-0.2, -0.15) is 0 Å². The van der Waals surface area contributed by atoms with Gasteiger partial charge in [-0.15, -0.1) is 0 Å². The van der Waals surface area contributed by atoms with E-state index in [1.54, 1.807) is 19.2 Å². The topological polar surface area (TPSA) is 83.4 Å². The van der Waals surface area contributed by atoms with Crippen LogP contribution in [0, 0.1) is 13.8 Å². The minimum Gasteiger partial charge on any atom is -0.374 e. The van der Waals surface area contributed by atoms with Gasteiger partial charge < -0.3 is 15.8 Å². The first-order valence-electron chi connectivity index (χ1n) is 7.27. The summed E-state index contributed by atoms with van der Waals surface area (Å²) < 4.78 is 1.36. The molecule has 6 heteroatoms. The zero-order valence-corrected chi connectivity index (χ0v) is 13.0. The Labute approximate surface area is 134 Å².